The number of aryl methyl sites for hydroxylation is 1. The van der Waals surface area contributed by atoms with Gasteiger partial charge < -0.3 is 34.7 Å². The molecule has 0 aromatic heterocycles. The predicted molar refractivity (Wildman–Crippen MR) is 79.8 cm³/mol. The molecule has 4 N–H and O–H groups in total. The summed E-state index contributed by atoms with van der Waals surface area (Å²) in [4.78, 5) is 11.0. The minimum Gasteiger partial charge on any atom is -0.462 e. The second-order valence-corrected chi connectivity index (χ2v) is 5.66. The summed E-state index contributed by atoms with van der Waals surface area (Å²) in [6, 6.07) is 6.92. The van der Waals surface area contributed by atoms with Gasteiger partial charge in [-0.3, -0.25) is 0 Å². The zero-order valence-electron chi connectivity index (χ0n) is 12.8. The molecule has 0 amide bonds. The molecule has 2 rings (SSSR count). The fraction of sp³-hybridized carbons (Fsp3) is 0.562. The smallest absolute Gasteiger partial charge is 0.229 e. The Morgan fingerprint density at radius 2 is 1.78 bits per heavy atom. The molecule has 7 nitrogen and oxygen atoms in total. The van der Waals surface area contributed by atoms with Gasteiger partial charge in [-0.15, -0.1) is 0 Å². The lowest BCUT2D eigenvalue weighted by atomic mass is 9.99. The van der Waals surface area contributed by atoms with Gasteiger partial charge in [-0.1, -0.05) is 12.1 Å². The van der Waals surface area contributed by atoms with E-state index in [0.29, 0.717) is 18.6 Å². The van der Waals surface area contributed by atoms with Gasteiger partial charge in [0.05, 0.1) is 6.61 Å². The molecule has 1 aliphatic heterocycles. The molecule has 1 aliphatic rings. The number of aliphatic hydroxyl groups excluding tert-OH is 4. The van der Waals surface area contributed by atoms with E-state index in [1.807, 2.05) is 0 Å². The lowest BCUT2D eigenvalue weighted by Crippen LogP contribution is -2.60. The van der Waals surface area contributed by atoms with Crippen molar-refractivity contribution in [2.75, 3.05) is 6.61 Å². The predicted octanol–water partition coefficient (Wildman–Crippen LogP) is -0.613. The van der Waals surface area contributed by atoms with Crippen LogP contribution in [-0.2, 0) is 16.0 Å². The molecule has 0 bridgehead atoms. The van der Waals surface area contributed by atoms with Crippen molar-refractivity contribution in [1.29, 1.82) is 0 Å². The molecule has 0 radical (unpaired) electrons. The van der Waals surface area contributed by atoms with Crippen LogP contribution in [0, 0.1) is 0 Å². The molecule has 3 unspecified atom stereocenters. The van der Waals surface area contributed by atoms with Gasteiger partial charge in [-0.05, 0) is 31.0 Å². The third-order valence-corrected chi connectivity index (χ3v) is 3.79. The van der Waals surface area contributed by atoms with Crippen LogP contribution in [0.1, 0.15) is 18.9 Å². The van der Waals surface area contributed by atoms with Gasteiger partial charge in [0.25, 0.3) is 0 Å². The summed E-state index contributed by atoms with van der Waals surface area (Å²) in [5.41, 5.74) is 0.973. The number of hydrogen-bond acceptors (Lipinski definition) is 7. The normalized spacial score (nSPS) is 30.9. The second-order valence-electron chi connectivity index (χ2n) is 5.66. The highest BCUT2D eigenvalue weighted by Gasteiger charge is 2.44. The van der Waals surface area contributed by atoms with Crippen LogP contribution in [-0.4, -0.2) is 63.5 Å². The quantitative estimate of drug-likeness (QED) is 0.551. The van der Waals surface area contributed by atoms with Gasteiger partial charge in [0, 0.05) is 6.42 Å². The Morgan fingerprint density at radius 3 is 2.35 bits per heavy atom. The van der Waals surface area contributed by atoms with Crippen molar-refractivity contribution >= 4 is 5.78 Å². The summed E-state index contributed by atoms with van der Waals surface area (Å²) in [6.45, 7) is 1.03. The SMILES string of the molecule is CC(=O)CCc1ccc(OC2OC(CO)C(O)[C@H](O)[C@@H]2O)cc1. The first kappa shape index (κ1) is 17.8. The van der Waals surface area contributed by atoms with Gasteiger partial charge in [-0.2, -0.15) is 0 Å². The van der Waals surface area contributed by atoms with E-state index in [1.54, 1.807) is 24.3 Å². The van der Waals surface area contributed by atoms with Crippen molar-refractivity contribution in [3.63, 3.8) is 0 Å². The molecule has 1 saturated heterocycles. The second kappa shape index (κ2) is 7.85. The van der Waals surface area contributed by atoms with Gasteiger partial charge in [-0.25, -0.2) is 0 Å². The maximum Gasteiger partial charge on any atom is 0.229 e. The zero-order chi connectivity index (χ0) is 17.0. The Hall–Kier alpha value is -1.51. The van der Waals surface area contributed by atoms with Crippen LogP contribution in [0.5, 0.6) is 5.75 Å². The topological polar surface area (TPSA) is 116 Å². The molecule has 5 atom stereocenters. The van der Waals surface area contributed by atoms with E-state index in [9.17, 15) is 20.1 Å². The minimum absolute atomic E-state index is 0.117. The number of carbonyl (C=O) groups is 1. The van der Waals surface area contributed by atoms with Crippen LogP contribution in [0.25, 0.3) is 0 Å². The lowest BCUT2D eigenvalue weighted by Gasteiger charge is -2.39. The molecule has 0 aliphatic carbocycles. The average molecular weight is 326 g/mol. The van der Waals surface area contributed by atoms with Crippen molar-refractivity contribution in [3.8, 4) is 5.75 Å². The third-order valence-electron chi connectivity index (χ3n) is 3.79. The van der Waals surface area contributed by atoms with Crippen molar-refractivity contribution < 1.29 is 34.7 Å². The zero-order valence-corrected chi connectivity index (χ0v) is 12.8. The molecule has 128 valence electrons. The standard InChI is InChI=1S/C16H22O7/c1-9(18)2-3-10-4-6-11(7-5-10)22-16-15(21)14(20)13(19)12(8-17)23-16/h4-7,12-17,19-21H,2-3,8H2,1H3/t12?,13?,14-,15-,16?/m0/s1. The van der Waals surface area contributed by atoms with Crippen LogP contribution in [0.4, 0.5) is 0 Å². The monoisotopic (exact) mass is 326 g/mol. The van der Waals surface area contributed by atoms with E-state index in [2.05, 4.69) is 0 Å². The Kier molecular flexibility index (Phi) is 6.09. The molecule has 23 heavy (non-hydrogen) atoms. The molecule has 1 aromatic carbocycles. The fourth-order valence-corrected chi connectivity index (χ4v) is 2.35. The molecule has 0 spiro atoms. The van der Waals surface area contributed by atoms with Gasteiger partial charge >= 0.3 is 0 Å². The highest BCUT2D eigenvalue weighted by Crippen LogP contribution is 2.24. The fourth-order valence-electron chi connectivity index (χ4n) is 2.35. The van der Waals surface area contributed by atoms with Crippen LogP contribution in [0.2, 0.25) is 0 Å². The van der Waals surface area contributed by atoms with Crippen LogP contribution >= 0.6 is 0 Å². The van der Waals surface area contributed by atoms with Crippen LogP contribution in [0.15, 0.2) is 24.3 Å². The highest BCUT2D eigenvalue weighted by atomic mass is 16.7. The van der Waals surface area contributed by atoms with Gasteiger partial charge in [0.2, 0.25) is 6.29 Å². The molecule has 1 fully saturated rings. The van der Waals surface area contributed by atoms with Crippen molar-refractivity contribution in [3.05, 3.63) is 29.8 Å². The number of rotatable bonds is 6. The van der Waals surface area contributed by atoms with E-state index in [-0.39, 0.29) is 5.78 Å². The maximum absolute atomic E-state index is 11.0. The van der Waals surface area contributed by atoms with Crippen molar-refractivity contribution in [2.24, 2.45) is 0 Å². The summed E-state index contributed by atoms with van der Waals surface area (Å²) >= 11 is 0. The number of Topliss-reactive ketones (excluding diaryl/α,β-unsaturated/α-hetero) is 1. The largest absolute Gasteiger partial charge is 0.462 e. The summed E-state index contributed by atoms with van der Waals surface area (Å²) in [5, 5.41) is 38.4. The first-order chi connectivity index (χ1) is 10.9. The minimum atomic E-state index is -1.47. The van der Waals surface area contributed by atoms with Crippen molar-refractivity contribution in [1.82, 2.24) is 0 Å². The molecule has 1 aromatic rings. The first-order valence-electron chi connectivity index (χ1n) is 7.48. The highest BCUT2D eigenvalue weighted by molar-refractivity contribution is 5.75. The number of ether oxygens (including phenoxy) is 2. The molecular weight excluding hydrogens is 304 g/mol. The Labute approximate surface area is 134 Å². The Morgan fingerprint density at radius 1 is 1.13 bits per heavy atom. The third kappa shape index (κ3) is 4.49. The molecule has 7 heteroatoms. The first-order valence-corrected chi connectivity index (χ1v) is 7.48. The summed E-state index contributed by atoms with van der Waals surface area (Å²) in [5.74, 6) is 0.521. The number of carbonyl (C=O) groups excluding carboxylic acids is 1. The lowest BCUT2D eigenvalue weighted by molar-refractivity contribution is -0.277. The van der Waals surface area contributed by atoms with E-state index in [4.69, 9.17) is 14.6 Å². The van der Waals surface area contributed by atoms with E-state index >= 15 is 0 Å². The van der Waals surface area contributed by atoms with E-state index < -0.39 is 37.3 Å². The van der Waals surface area contributed by atoms with E-state index in [0.717, 1.165) is 5.56 Å². The van der Waals surface area contributed by atoms with Crippen LogP contribution in [0.3, 0.4) is 0 Å². The average Bonchev–Trinajstić information content (AvgIpc) is 2.54. The summed E-state index contributed by atoms with van der Waals surface area (Å²) in [7, 11) is 0. The van der Waals surface area contributed by atoms with Gasteiger partial charge in [0.15, 0.2) is 0 Å². The van der Waals surface area contributed by atoms with E-state index in [1.165, 1.54) is 6.92 Å². The van der Waals surface area contributed by atoms with Crippen LogP contribution < -0.4 is 4.74 Å². The molecule has 0 saturated carbocycles. The molecular formula is C16H22O7. The number of benzene rings is 1. The Balaban J connectivity index is 1.99. The summed E-state index contributed by atoms with van der Waals surface area (Å²) in [6.07, 6.45) is -5.43. The molecule has 1 heterocycles. The Bertz CT molecular complexity index is 514. The van der Waals surface area contributed by atoms with Gasteiger partial charge in [0.1, 0.15) is 35.9 Å². The number of hydrogen-bond donors (Lipinski definition) is 4. The number of aliphatic hydroxyl groups is 4. The summed E-state index contributed by atoms with van der Waals surface area (Å²) < 4.78 is 10.7. The maximum atomic E-state index is 11.0. The van der Waals surface area contributed by atoms with Crippen molar-refractivity contribution in [2.45, 2.75) is 50.5 Å². The number of ketones is 1.